The van der Waals surface area contributed by atoms with Crippen LogP contribution < -0.4 is 15.4 Å². The van der Waals surface area contributed by atoms with E-state index < -0.39 is 21.5 Å². The number of nitrogens with zero attached hydrogens (tertiary/aromatic N) is 2. The summed E-state index contributed by atoms with van der Waals surface area (Å²) in [6.07, 6.45) is 0. The van der Waals surface area contributed by atoms with Gasteiger partial charge in [-0.3, -0.25) is 4.79 Å². The number of sulfonamides is 1. The molecular formula is C28H27N5O3S2. The molecule has 0 spiro atoms. The minimum Gasteiger partial charge on any atom is -0.365 e. The highest BCUT2D eigenvalue weighted by Crippen LogP contribution is 2.34. The molecule has 0 atom stereocenters. The summed E-state index contributed by atoms with van der Waals surface area (Å²) in [4.78, 5) is 18.3. The summed E-state index contributed by atoms with van der Waals surface area (Å²) in [6, 6.07) is 23.0. The summed E-state index contributed by atoms with van der Waals surface area (Å²) in [5, 5.41) is 15.6. The lowest BCUT2D eigenvalue weighted by atomic mass is 10.1. The van der Waals surface area contributed by atoms with Gasteiger partial charge in [-0.05, 0) is 50.6 Å². The zero-order valence-electron chi connectivity index (χ0n) is 21.4. The monoisotopic (exact) mass is 545 g/mol. The van der Waals surface area contributed by atoms with Crippen LogP contribution in [-0.2, 0) is 10.0 Å². The standard InChI is InChI=1S/C28H27N5O3S2/c1-28(2,3)33-38(35,36)23-16-21(13-14-22(23)19-10-6-5-7-11-19)31-26(34)25-24(32-27(30-4)37-25)20-12-8-9-18(15-20)17-29/h5-16,33H,1-4H3,(H,30,32)(H,31,34). The molecule has 4 rings (SSSR count). The Kier molecular flexibility index (Phi) is 7.64. The van der Waals surface area contributed by atoms with Gasteiger partial charge in [0, 0.05) is 29.4 Å². The molecule has 0 saturated carbocycles. The van der Waals surface area contributed by atoms with E-state index in [0.717, 1.165) is 5.56 Å². The van der Waals surface area contributed by atoms with Gasteiger partial charge >= 0.3 is 0 Å². The number of benzene rings is 3. The quantitative estimate of drug-likeness (QED) is 0.273. The van der Waals surface area contributed by atoms with Crippen molar-refractivity contribution in [3.8, 4) is 28.5 Å². The van der Waals surface area contributed by atoms with E-state index in [2.05, 4.69) is 26.4 Å². The predicted octanol–water partition coefficient (Wildman–Crippen LogP) is 5.72. The topological polar surface area (TPSA) is 124 Å². The van der Waals surface area contributed by atoms with Crippen molar-refractivity contribution in [3.63, 3.8) is 0 Å². The van der Waals surface area contributed by atoms with Crippen molar-refractivity contribution < 1.29 is 13.2 Å². The van der Waals surface area contributed by atoms with Crippen molar-refractivity contribution in [2.75, 3.05) is 17.7 Å². The molecule has 1 amide bonds. The Balaban J connectivity index is 1.76. The van der Waals surface area contributed by atoms with Crippen LogP contribution in [0.25, 0.3) is 22.4 Å². The fourth-order valence-corrected chi connectivity index (χ4v) is 6.35. The highest BCUT2D eigenvalue weighted by Gasteiger charge is 2.26. The summed E-state index contributed by atoms with van der Waals surface area (Å²) in [5.41, 5.74) is 2.38. The minimum atomic E-state index is -3.93. The van der Waals surface area contributed by atoms with Gasteiger partial charge < -0.3 is 10.6 Å². The molecule has 8 nitrogen and oxygen atoms in total. The Morgan fingerprint density at radius 2 is 1.68 bits per heavy atom. The van der Waals surface area contributed by atoms with Crippen LogP contribution in [0.3, 0.4) is 0 Å². The molecule has 3 aromatic carbocycles. The van der Waals surface area contributed by atoms with E-state index in [1.807, 2.05) is 30.3 Å². The van der Waals surface area contributed by atoms with E-state index in [1.54, 1.807) is 64.2 Å². The Labute approximate surface area is 226 Å². The van der Waals surface area contributed by atoms with E-state index >= 15 is 0 Å². The van der Waals surface area contributed by atoms with Gasteiger partial charge in [0.25, 0.3) is 5.91 Å². The third-order valence-electron chi connectivity index (χ3n) is 5.37. The van der Waals surface area contributed by atoms with Crippen LogP contribution in [0.15, 0.2) is 77.7 Å². The van der Waals surface area contributed by atoms with Crippen molar-refractivity contribution in [3.05, 3.63) is 83.2 Å². The Morgan fingerprint density at radius 3 is 2.34 bits per heavy atom. The van der Waals surface area contributed by atoms with Gasteiger partial charge in [-0.15, -0.1) is 0 Å². The van der Waals surface area contributed by atoms with Crippen molar-refractivity contribution in [1.29, 1.82) is 5.26 Å². The average molecular weight is 546 g/mol. The number of nitrogens with one attached hydrogen (secondary N) is 3. The fourth-order valence-electron chi connectivity index (χ4n) is 3.84. The summed E-state index contributed by atoms with van der Waals surface area (Å²) in [5.74, 6) is -0.444. The Hall–Kier alpha value is -4.04. The zero-order valence-corrected chi connectivity index (χ0v) is 23.0. The molecule has 0 fully saturated rings. The fraction of sp³-hybridized carbons (Fsp3) is 0.179. The highest BCUT2D eigenvalue weighted by molar-refractivity contribution is 7.89. The van der Waals surface area contributed by atoms with E-state index in [-0.39, 0.29) is 4.90 Å². The van der Waals surface area contributed by atoms with Crippen molar-refractivity contribution in [2.24, 2.45) is 0 Å². The second-order valence-corrected chi connectivity index (χ2v) is 12.2. The maximum Gasteiger partial charge on any atom is 0.268 e. The SMILES string of the molecule is CNc1nc(-c2cccc(C#N)c2)c(C(=O)Nc2ccc(-c3ccccc3)c(S(=O)(=O)NC(C)(C)C)c2)s1. The molecule has 0 unspecified atom stereocenters. The molecule has 0 saturated heterocycles. The molecular weight excluding hydrogens is 518 g/mol. The van der Waals surface area contributed by atoms with Gasteiger partial charge in [-0.25, -0.2) is 18.1 Å². The summed E-state index contributed by atoms with van der Waals surface area (Å²) >= 11 is 1.17. The van der Waals surface area contributed by atoms with Crippen molar-refractivity contribution in [2.45, 2.75) is 31.2 Å². The number of thiazole rings is 1. The van der Waals surface area contributed by atoms with Crippen LogP contribution in [0.5, 0.6) is 0 Å². The van der Waals surface area contributed by atoms with Gasteiger partial charge in [-0.1, -0.05) is 59.9 Å². The van der Waals surface area contributed by atoms with Crippen LogP contribution in [-0.4, -0.2) is 31.9 Å². The maximum atomic E-state index is 13.4. The number of hydrogen-bond donors (Lipinski definition) is 3. The van der Waals surface area contributed by atoms with Gasteiger partial charge in [0.05, 0.1) is 22.2 Å². The molecule has 3 N–H and O–H groups in total. The molecule has 1 heterocycles. The van der Waals surface area contributed by atoms with Gasteiger partial charge in [0.2, 0.25) is 10.0 Å². The number of hydrogen-bond acceptors (Lipinski definition) is 7. The average Bonchev–Trinajstić information content (AvgIpc) is 3.33. The van der Waals surface area contributed by atoms with Crippen LogP contribution in [0.2, 0.25) is 0 Å². The maximum absolute atomic E-state index is 13.4. The van der Waals surface area contributed by atoms with Crippen LogP contribution in [0, 0.1) is 11.3 Å². The summed E-state index contributed by atoms with van der Waals surface area (Å²) < 4.78 is 29.6. The molecule has 194 valence electrons. The number of anilines is 2. The van der Waals surface area contributed by atoms with Crippen LogP contribution in [0.1, 0.15) is 36.0 Å². The molecule has 0 bridgehead atoms. The Morgan fingerprint density at radius 1 is 0.974 bits per heavy atom. The lowest BCUT2D eigenvalue weighted by Gasteiger charge is -2.22. The normalized spacial score (nSPS) is 11.6. The van der Waals surface area contributed by atoms with E-state index in [1.165, 1.54) is 17.4 Å². The first-order valence-corrected chi connectivity index (χ1v) is 14.0. The molecule has 0 aliphatic carbocycles. The van der Waals surface area contributed by atoms with Crippen molar-refractivity contribution >= 4 is 38.1 Å². The second-order valence-electron chi connectivity index (χ2n) is 9.53. The van der Waals surface area contributed by atoms with E-state index in [0.29, 0.717) is 38.1 Å². The van der Waals surface area contributed by atoms with Crippen LogP contribution >= 0.6 is 11.3 Å². The zero-order chi connectivity index (χ0) is 27.5. The van der Waals surface area contributed by atoms with Gasteiger partial charge in [-0.2, -0.15) is 5.26 Å². The lowest BCUT2D eigenvalue weighted by molar-refractivity contribution is 0.103. The highest BCUT2D eigenvalue weighted by atomic mass is 32.2. The molecule has 0 radical (unpaired) electrons. The lowest BCUT2D eigenvalue weighted by Crippen LogP contribution is -2.40. The molecule has 4 aromatic rings. The number of carbonyl (C=O) groups is 1. The van der Waals surface area contributed by atoms with E-state index in [9.17, 15) is 18.5 Å². The van der Waals surface area contributed by atoms with E-state index in [4.69, 9.17) is 0 Å². The number of carbonyl (C=O) groups excluding carboxylic acids is 1. The second kappa shape index (κ2) is 10.8. The van der Waals surface area contributed by atoms with Crippen LogP contribution in [0.4, 0.5) is 10.8 Å². The Bertz CT molecular complexity index is 1630. The molecule has 10 heteroatoms. The number of amides is 1. The van der Waals surface area contributed by atoms with Crippen molar-refractivity contribution in [1.82, 2.24) is 9.71 Å². The number of nitriles is 1. The third kappa shape index (κ3) is 6.08. The molecule has 1 aromatic heterocycles. The first kappa shape index (κ1) is 27.0. The summed E-state index contributed by atoms with van der Waals surface area (Å²) in [7, 11) is -2.22. The molecule has 0 aliphatic heterocycles. The molecule has 0 aliphatic rings. The minimum absolute atomic E-state index is 0.0542. The largest absolute Gasteiger partial charge is 0.365 e. The first-order valence-electron chi connectivity index (χ1n) is 11.7. The van der Waals surface area contributed by atoms with Gasteiger partial charge in [0.15, 0.2) is 5.13 Å². The molecule has 38 heavy (non-hydrogen) atoms. The first-order chi connectivity index (χ1) is 18.0. The number of rotatable bonds is 7. The number of aromatic nitrogens is 1. The third-order valence-corrected chi connectivity index (χ3v) is 8.24. The summed E-state index contributed by atoms with van der Waals surface area (Å²) in [6.45, 7) is 5.30. The van der Waals surface area contributed by atoms with Gasteiger partial charge in [0.1, 0.15) is 4.88 Å². The smallest absolute Gasteiger partial charge is 0.268 e. The predicted molar refractivity (Wildman–Crippen MR) is 152 cm³/mol.